The van der Waals surface area contributed by atoms with Gasteiger partial charge in [0.25, 0.3) is 11.7 Å². The van der Waals surface area contributed by atoms with Gasteiger partial charge in [0.05, 0.1) is 25.1 Å². The monoisotopic (exact) mass is 411 g/mol. The fraction of sp³-hybridized carbons (Fsp3) is 0.435. The van der Waals surface area contributed by atoms with Crippen molar-refractivity contribution in [2.45, 2.75) is 25.2 Å². The third-order valence-corrected chi connectivity index (χ3v) is 6.18. The maximum Gasteiger partial charge on any atom is 0.293 e. The number of hydrogen-bond donors (Lipinski definition) is 0. The van der Waals surface area contributed by atoms with E-state index in [1.807, 2.05) is 43.3 Å². The third kappa shape index (κ3) is 3.27. The number of carbonyl (C=O) groups excluding carboxylic acids is 1. The van der Waals surface area contributed by atoms with Gasteiger partial charge in [-0.2, -0.15) is 0 Å². The Balaban J connectivity index is 1.31. The molecule has 2 saturated heterocycles. The smallest absolute Gasteiger partial charge is 0.293 e. The molecule has 7 heteroatoms. The quantitative estimate of drug-likeness (QED) is 0.777. The van der Waals surface area contributed by atoms with Crippen LogP contribution in [-0.4, -0.2) is 56.4 Å². The van der Waals surface area contributed by atoms with Gasteiger partial charge < -0.3 is 14.4 Å². The number of piperazine rings is 1. The average molecular weight is 411 g/mol. The van der Waals surface area contributed by atoms with Crippen molar-refractivity contribution in [3.05, 3.63) is 59.9 Å². The molecule has 5 rings (SSSR count). The highest BCUT2D eigenvalue weighted by molar-refractivity contribution is 6.06. The number of fused-ring (bicyclic) bond motifs is 2. The zero-order valence-electron chi connectivity index (χ0n) is 17.1. The fourth-order valence-electron chi connectivity index (χ4n) is 4.53. The van der Waals surface area contributed by atoms with Gasteiger partial charge >= 0.3 is 0 Å². The van der Waals surface area contributed by atoms with Crippen molar-refractivity contribution in [2.75, 3.05) is 49.3 Å². The fourth-order valence-corrected chi connectivity index (χ4v) is 4.53. The predicted octanol–water partition coefficient (Wildman–Crippen LogP) is 2.93. The lowest BCUT2D eigenvalue weighted by Gasteiger charge is -2.39. The zero-order valence-corrected chi connectivity index (χ0v) is 17.1. The van der Waals surface area contributed by atoms with E-state index in [1.54, 1.807) is 4.90 Å². The summed E-state index contributed by atoms with van der Waals surface area (Å²) in [4.78, 5) is 19.8. The van der Waals surface area contributed by atoms with Gasteiger partial charge in [0.2, 0.25) is 0 Å². The molecule has 2 aromatic carbocycles. The van der Waals surface area contributed by atoms with Crippen LogP contribution < -0.4 is 9.80 Å². The predicted molar refractivity (Wildman–Crippen MR) is 112 cm³/mol. The van der Waals surface area contributed by atoms with E-state index in [9.17, 15) is 9.18 Å². The third-order valence-electron chi connectivity index (χ3n) is 6.18. The molecule has 3 heterocycles. The molecule has 0 bridgehead atoms. The van der Waals surface area contributed by atoms with E-state index in [0.29, 0.717) is 13.3 Å². The van der Waals surface area contributed by atoms with Crippen LogP contribution in [0.2, 0.25) is 0 Å². The molecule has 2 fully saturated rings. The molecule has 0 saturated carbocycles. The molecule has 0 aromatic heterocycles. The van der Waals surface area contributed by atoms with Crippen LogP contribution in [0.4, 0.5) is 15.8 Å². The van der Waals surface area contributed by atoms with Crippen LogP contribution in [0, 0.1) is 5.82 Å². The number of carbonyl (C=O) groups is 1. The lowest BCUT2D eigenvalue weighted by Crippen LogP contribution is -2.54. The summed E-state index contributed by atoms with van der Waals surface area (Å²) in [6.07, 6.45) is 0.748. The summed E-state index contributed by atoms with van der Waals surface area (Å²) in [5.74, 6) is -1.68. The SMILES string of the molecule is C[C@H]1CCO[C@]2(O1)C(=O)N(CN1CCN(c3ccc(F)cc3)CC1)c1ccccc12. The van der Waals surface area contributed by atoms with Gasteiger partial charge in [-0.05, 0) is 43.7 Å². The summed E-state index contributed by atoms with van der Waals surface area (Å²) >= 11 is 0. The molecule has 0 radical (unpaired) electrons. The number of anilines is 2. The Hall–Kier alpha value is -2.48. The van der Waals surface area contributed by atoms with E-state index in [2.05, 4.69) is 9.80 Å². The first-order valence-electron chi connectivity index (χ1n) is 10.5. The first-order valence-corrected chi connectivity index (χ1v) is 10.5. The first kappa shape index (κ1) is 19.5. The maximum absolute atomic E-state index is 13.5. The molecular formula is C23H26FN3O3. The standard InChI is InChI=1S/C23H26FN3O3/c1-17-10-15-29-23(30-17)20-4-2-3-5-21(20)27(22(23)28)16-25-11-13-26(14-12-25)19-8-6-18(24)7-9-19/h2-9,17H,10-16H2,1H3/t17-,23+/m0/s1. The summed E-state index contributed by atoms with van der Waals surface area (Å²) in [5.41, 5.74) is 2.68. The van der Waals surface area contributed by atoms with Gasteiger partial charge in [0.15, 0.2) is 0 Å². The number of benzene rings is 2. The second-order valence-corrected chi connectivity index (χ2v) is 8.16. The molecule has 0 N–H and O–H groups in total. The number of halogens is 1. The minimum atomic E-state index is -1.32. The van der Waals surface area contributed by atoms with Crippen molar-refractivity contribution in [1.29, 1.82) is 0 Å². The Bertz CT molecular complexity index is 930. The van der Waals surface area contributed by atoms with Gasteiger partial charge in [0.1, 0.15) is 5.82 Å². The molecule has 1 spiro atoms. The Morgan fingerprint density at radius 1 is 1.07 bits per heavy atom. The Morgan fingerprint density at radius 3 is 2.53 bits per heavy atom. The summed E-state index contributed by atoms with van der Waals surface area (Å²) < 4.78 is 25.3. The van der Waals surface area contributed by atoms with Crippen molar-refractivity contribution in [3.63, 3.8) is 0 Å². The summed E-state index contributed by atoms with van der Waals surface area (Å²) in [6, 6.07) is 14.4. The van der Waals surface area contributed by atoms with E-state index >= 15 is 0 Å². The van der Waals surface area contributed by atoms with E-state index in [4.69, 9.17) is 9.47 Å². The van der Waals surface area contributed by atoms with E-state index in [1.165, 1.54) is 12.1 Å². The number of nitrogens with zero attached hydrogens (tertiary/aromatic N) is 3. The van der Waals surface area contributed by atoms with Crippen molar-refractivity contribution in [3.8, 4) is 0 Å². The second-order valence-electron chi connectivity index (χ2n) is 8.16. The highest BCUT2D eigenvalue weighted by atomic mass is 19.1. The second kappa shape index (κ2) is 7.65. The zero-order chi connectivity index (χ0) is 20.7. The van der Waals surface area contributed by atoms with Gasteiger partial charge in [-0.1, -0.05) is 18.2 Å². The molecule has 1 amide bonds. The van der Waals surface area contributed by atoms with Crippen LogP contribution >= 0.6 is 0 Å². The number of hydrogen-bond acceptors (Lipinski definition) is 5. The molecule has 2 atom stereocenters. The van der Waals surface area contributed by atoms with Crippen molar-refractivity contribution in [2.24, 2.45) is 0 Å². The Labute approximate surface area is 175 Å². The highest BCUT2D eigenvalue weighted by Gasteiger charge is 2.56. The minimum Gasteiger partial charge on any atom is -0.369 e. The number of amides is 1. The van der Waals surface area contributed by atoms with E-state index in [-0.39, 0.29) is 17.8 Å². The van der Waals surface area contributed by atoms with Crippen LogP contribution in [0.5, 0.6) is 0 Å². The van der Waals surface area contributed by atoms with Gasteiger partial charge in [-0.15, -0.1) is 0 Å². The Morgan fingerprint density at radius 2 is 1.80 bits per heavy atom. The average Bonchev–Trinajstić information content (AvgIpc) is 2.98. The molecule has 3 aliphatic heterocycles. The molecule has 0 aliphatic carbocycles. The topological polar surface area (TPSA) is 45.3 Å². The van der Waals surface area contributed by atoms with E-state index in [0.717, 1.165) is 49.5 Å². The maximum atomic E-state index is 13.5. The summed E-state index contributed by atoms with van der Waals surface area (Å²) in [5, 5.41) is 0. The molecule has 6 nitrogen and oxygen atoms in total. The van der Waals surface area contributed by atoms with Crippen molar-refractivity contribution < 1.29 is 18.7 Å². The largest absolute Gasteiger partial charge is 0.369 e. The first-order chi connectivity index (χ1) is 14.6. The van der Waals surface area contributed by atoms with Gasteiger partial charge in [-0.25, -0.2) is 4.39 Å². The van der Waals surface area contributed by atoms with Gasteiger partial charge in [-0.3, -0.25) is 14.6 Å². The molecule has 2 aromatic rings. The Kier molecular flexibility index (Phi) is 4.97. The highest BCUT2D eigenvalue weighted by Crippen LogP contribution is 2.46. The number of ether oxygens (including phenoxy) is 2. The van der Waals surface area contributed by atoms with Crippen molar-refractivity contribution in [1.82, 2.24) is 4.90 Å². The van der Waals surface area contributed by atoms with Crippen LogP contribution in [-0.2, 0) is 20.1 Å². The van der Waals surface area contributed by atoms with Crippen LogP contribution in [0.25, 0.3) is 0 Å². The normalized spacial score (nSPS) is 27.0. The molecule has 158 valence electrons. The number of para-hydroxylation sites is 1. The van der Waals surface area contributed by atoms with Crippen molar-refractivity contribution >= 4 is 17.3 Å². The lowest BCUT2D eigenvalue weighted by molar-refractivity contribution is -0.277. The summed E-state index contributed by atoms with van der Waals surface area (Å²) in [6.45, 7) is 6.26. The van der Waals surface area contributed by atoms with Crippen LogP contribution in [0.15, 0.2) is 48.5 Å². The number of rotatable bonds is 3. The van der Waals surface area contributed by atoms with E-state index < -0.39 is 5.79 Å². The summed E-state index contributed by atoms with van der Waals surface area (Å²) in [7, 11) is 0. The van der Waals surface area contributed by atoms with Crippen LogP contribution in [0.3, 0.4) is 0 Å². The molecule has 3 aliphatic rings. The molecular weight excluding hydrogens is 385 g/mol. The molecule has 0 unspecified atom stereocenters. The van der Waals surface area contributed by atoms with Crippen LogP contribution in [0.1, 0.15) is 18.9 Å². The molecule has 30 heavy (non-hydrogen) atoms. The van der Waals surface area contributed by atoms with Gasteiger partial charge in [0, 0.05) is 37.4 Å². The minimum absolute atomic E-state index is 0.0324. The lowest BCUT2D eigenvalue weighted by atomic mass is 10.1.